The van der Waals surface area contributed by atoms with Crippen LogP contribution < -0.4 is 21.7 Å². The number of nitrogens with two attached hydrogens (primary N) is 1. The van der Waals surface area contributed by atoms with Gasteiger partial charge in [0.2, 0.25) is 0 Å². The summed E-state index contributed by atoms with van der Waals surface area (Å²) in [7, 11) is 0. The van der Waals surface area contributed by atoms with Gasteiger partial charge in [-0.15, -0.1) is 0 Å². The van der Waals surface area contributed by atoms with Crippen molar-refractivity contribution >= 4 is 17.6 Å². The van der Waals surface area contributed by atoms with Crippen LogP contribution in [-0.4, -0.2) is 24.5 Å². The molecular weight excluding hydrogens is 316 g/mol. The van der Waals surface area contributed by atoms with Crippen molar-refractivity contribution in [1.82, 2.24) is 10.6 Å². The summed E-state index contributed by atoms with van der Waals surface area (Å²) in [5.74, 6) is -0.237. The van der Waals surface area contributed by atoms with Crippen molar-refractivity contribution in [2.75, 3.05) is 11.9 Å². The van der Waals surface area contributed by atoms with E-state index in [2.05, 4.69) is 16.0 Å². The Kier molecular flexibility index (Phi) is 6.54. The molecule has 0 aromatic heterocycles. The summed E-state index contributed by atoms with van der Waals surface area (Å²) >= 11 is 0. The Bertz CT molecular complexity index is 716. The van der Waals surface area contributed by atoms with Crippen molar-refractivity contribution in [2.45, 2.75) is 25.9 Å². The molecule has 0 saturated heterocycles. The standard InChI is InChI=1S/C19H24N4O2/c1-13(2)22-19(25)23-16-10-6-9-15(11-16)18(24)21-12-17(20)14-7-4-3-5-8-14/h3-11,13,17H,12,20H2,1-2H3,(H,21,24)(H2,22,23,25). The van der Waals surface area contributed by atoms with Crippen LogP contribution in [0.4, 0.5) is 10.5 Å². The Morgan fingerprint density at radius 2 is 1.76 bits per heavy atom. The van der Waals surface area contributed by atoms with Gasteiger partial charge in [-0.3, -0.25) is 4.79 Å². The number of benzene rings is 2. The summed E-state index contributed by atoms with van der Waals surface area (Å²) < 4.78 is 0. The van der Waals surface area contributed by atoms with Gasteiger partial charge in [-0.2, -0.15) is 0 Å². The molecule has 2 aromatic carbocycles. The first kappa shape index (κ1) is 18.5. The fourth-order valence-corrected chi connectivity index (χ4v) is 2.29. The Hall–Kier alpha value is -2.86. The first-order chi connectivity index (χ1) is 12.0. The summed E-state index contributed by atoms with van der Waals surface area (Å²) in [6.07, 6.45) is 0. The third-order valence-electron chi connectivity index (χ3n) is 3.51. The van der Waals surface area contributed by atoms with Crippen LogP contribution in [0.3, 0.4) is 0 Å². The molecule has 0 aliphatic heterocycles. The first-order valence-corrected chi connectivity index (χ1v) is 8.22. The fourth-order valence-electron chi connectivity index (χ4n) is 2.29. The van der Waals surface area contributed by atoms with Crippen LogP contribution in [0, 0.1) is 0 Å². The number of hydrogen-bond donors (Lipinski definition) is 4. The number of rotatable bonds is 6. The predicted octanol–water partition coefficient (Wildman–Crippen LogP) is 2.65. The second-order valence-corrected chi connectivity index (χ2v) is 6.06. The van der Waals surface area contributed by atoms with E-state index in [0.717, 1.165) is 5.56 Å². The zero-order valence-electron chi connectivity index (χ0n) is 14.5. The van der Waals surface area contributed by atoms with E-state index >= 15 is 0 Å². The molecule has 132 valence electrons. The lowest BCUT2D eigenvalue weighted by Gasteiger charge is -2.14. The average molecular weight is 340 g/mol. The van der Waals surface area contributed by atoms with Crippen molar-refractivity contribution in [2.24, 2.45) is 5.73 Å². The normalized spacial score (nSPS) is 11.7. The molecule has 2 rings (SSSR count). The van der Waals surface area contributed by atoms with Gasteiger partial charge >= 0.3 is 6.03 Å². The average Bonchev–Trinajstić information content (AvgIpc) is 2.59. The number of carbonyl (C=O) groups is 2. The van der Waals surface area contributed by atoms with Gasteiger partial charge in [-0.05, 0) is 37.6 Å². The smallest absolute Gasteiger partial charge is 0.319 e. The molecule has 0 radical (unpaired) electrons. The summed E-state index contributed by atoms with van der Waals surface area (Å²) in [6.45, 7) is 4.08. The van der Waals surface area contributed by atoms with Gasteiger partial charge < -0.3 is 21.7 Å². The Morgan fingerprint density at radius 1 is 1.04 bits per heavy atom. The van der Waals surface area contributed by atoms with Gasteiger partial charge in [0.15, 0.2) is 0 Å². The lowest BCUT2D eigenvalue weighted by Crippen LogP contribution is -2.34. The van der Waals surface area contributed by atoms with Gasteiger partial charge in [0, 0.05) is 29.9 Å². The second-order valence-electron chi connectivity index (χ2n) is 6.06. The van der Waals surface area contributed by atoms with Crippen molar-refractivity contribution in [3.8, 4) is 0 Å². The zero-order valence-corrected chi connectivity index (χ0v) is 14.5. The minimum atomic E-state index is -0.307. The maximum Gasteiger partial charge on any atom is 0.319 e. The Morgan fingerprint density at radius 3 is 2.44 bits per heavy atom. The lowest BCUT2D eigenvalue weighted by molar-refractivity contribution is 0.0951. The zero-order chi connectivity index (χ0) is 18.2. The third-order valence-corrected chi connectivity index (χ3v) is 3.51. The number of hydrogen-bond acceptors (Lipinski definition) is 3. The van der Waals surface area contributed by atoms with Gasteiger partial charge in [0.1, 0.15) is 0 Å². The SMILES string of the molecule is CC(C)NC(=O)Nc1cccc(C(=O)NCC(N)c2ccccc2)c1. The number of carbonyl (C=O) groups excluding carboxylic acids is 2. The quantitative estimate of drug-likeness (QED) is 0.651. The van der Waals surface area contributed by atoms with E-state index in [-0.39, 0.29) is 24.0 Å². The highest BCUT2D eigenvalue weighted by Crippen LogP contribution is 2.12. The summed E-state index contributed by atoms with van der Waals surface area (Å²) in [6, 6.07) is 15.8. The maximum absolute atomic E-state index is 12.3. The topological polar surface area (TPSA) is 96.2 Å². The molecule has 0 bridgehead atoms. The lowest BCUT2D eigenvalue weighted by atomic mass is 10.1. The number of amides is 3. The number of nitrogens with one attached hydrogen (secondary N) is 3. The van der Waals surface area contributed by atoms with Crippen LogP contribution in [0.1, 0.15) is 35.8 Å². The monoisotopic (exact) mass is 340 g/mol. The molecule has 0 saturated carbocycles. The van der Waals surface area contributed by atoms with Crippen LogP contribution in [0.25, 0.3) is 0 Å². The second kappa shape index (κ2) is 8.84. The number of anilines is 1. The van der Waals surface area contributed by atoms with Gasteiger partial charge in [-0.25, -0.2) is 4.79 Å². The highest BCUT2D eigenvalue weighted by atomic mass is 16.2. The number of urea groups is 1. The molecular formula is C19H24N4O2. The fraction of sp³-hybridized carbons (Fsp3) is 0.263. The van der Waals surface area contributed by atoms with Crippen molar-refractivity contribution < 1.29 is 9.59 Å². The molecule has 25 heavy (non-hydrogen) atoms. The van der Waals surface area contributed by atoms with Crippen LogP contribution in [0.2, 0.25) is 0 Å². The molecule has 3 amide bonds. The highest BCUT2D eigenvalue weighted by Gasteiger charge is 2.11. The van der Waals surface area contributed by atoms with E-state index < -0.39 is 0 Å². The first-order valence-electron chi connectivity index (χ1n) is 8.22. The third kappa shape index (κ3) is 5.93. The molecule has 1 unspecified atom stereocenters. The van der Waals surface area contributed by atoms with Crippen LogP contribution in [0.5, 0.6) is 0 Å². The Labute approximate surface area is 147 Å². The van der Waals surface area contributed by atoms with E-state index in [9.17, 15) is 9.59 Å². The van der Waals surface area contributed by atoms with Gasteiger partial charge in [0.25, 0.3) is 5.91 Å². The maximum atomic E-state index is 12.3. The summed E-state index contributed by atoms with van der Waals surface area (Å²) in [5.41, 5.74) is 8.06. The minimum absolute atomic E-state index is 0.0333. The molecule has 0 aliphatic carbocycles. The molecule has 5 N–H and O–H groups in total. The van der Waals surface area contributed by atoms with E-state index in [0.29, 0.717) is 17.8 Å². The summed E-state index contributed by atoms with van der Waals surface area (Å²) in [5, 5.41) is 8.25. The van der Waals surface area contributed by atoms with Crippen molar-refractivity contribution in [3.05, 3.63) is 65.7 Å². The van der Waals surface area contributed by atoms with E-state index in [1.807, 2.05) is 44.2 Å². The minimum Gasteiger partial charge on any atom is -0.350 e. The predicted molar refractivity (Wildman–Crippen MR) is 99.4 cm³/mol. The van der Waals surface area contributed by atoms with Crippen LogP contribution >= 0.6 is 0 Å². The van der Waals surface area contributed by atoms with Gasteiger partial charge in [-0.1, -0.05) is 36.4 Å². The van der Waals surface area contributed by atoms with Crippen molar-refractivity contribution in [3.63, 3.8) is 0 Å². The molecule has 2 aromatic rings. The summed E-state index contributed by atoms with van der Waals surface area (Å²) in [4.78, 5) is 24.0. The molecule has 0 aliphatic rings. The van der Waals surface area contributed by atoms with Crippen molar-refractivity contribution in [1.29, 1.82) is 0 Å². The van der Waals surface area contributed by atoms with E-state index in [1.54, 1.807) is 24.3 Å². The molecule has 0 fully saturated rings. The Balaban J connectivity index is 1.93. The molecule has 6 heteroatoms. The molecule has 0 spiro atoms. The van der Waals surface area contributed by atoms with Crippen LogP contribution in [0.15, 0.2) is 54.6 Å². The van der Waals surface area contributed by atoms with Gasteiger partial charge in [0.05, 0.1) is 0 Å². The molecule has 0 heterocycles. The molecule has 6 nitrogen and oxygen atoms in total. The van der Waals surface area contributed by atoms with E-state index in [1.165, 1.54) is 0 Å². The van der Waals surface area contributed by atoms with E-state index in [4.69, 9.17) is 5.73 Å². The highest BCUT2D eigenvalue weighted by molar-refractivity contribution is 5.96. The van der Waals surface area contributed by atoms with Crippen LogP contribution in [-0.2, 0) is 0 Å². The largest absolute Gasteiger partial charge is 0.350 e. The molecule has 1 atom stereocenters.